The number of rotatable bonds is 17. The van der Waals surface area contributed by atoms with Gasteiger partial charge in [-0.2, -0.15) is 5.10 Å². The van der Waals surface area contributed by atoms with E-state index in [1.165, 1.54) is 0 Å². The molecule has 1 N–H and O–H groups in total. The maximum Gasteiger partial charge on any atom is 0.410 e. The smallest absolute Gasteiger partial charge is 0.410 e. The van der Waals surface area contributed by atoms with E-state index in [-0.39, 0.29) is 12.7 Å². The molecular formula is C43H54BrClN4O6. The van der Waals surface area contributed by atoms with Crippen LogP contribution in [0.3, 0.4) is 0 Å². The van der Waals surface area contributed by atoms with E-state index in [1.807, 2.05) is 95.7 Å². The molecule has 0 fully saturated rings. The standard InChI is InChI=1S/C43H54BrClN4O6/c1-9-52-41(50)40-33(20-14-23-53-31-24-28(2)38(45)29(3)25-31)32-18-13-19-34(39(32)49(40)22-15-21-47(7)42(51)55-43(4,5)6)37-35(46-48(8)36(37)26-44)27-54-30-16-11-10-12-17-30/h10-13,16-19,24-25,41,50H,9,14-15,20-23,26-27H2,1-8H3. The average Bonchev–Trinajstić information content (AvgIpc) is 3.64. The Hall–Kier alpha value is -4.03. The largest absolute Gasteiger partial charge is 0.494 e. The molecule has 5 rings (SSSR count). The zero-order chi connectivity index (χ0) is 39.9. The number of carbonyl (C=O) groups is 1. The van der Waals surface area contributed by atoms with Crippen LogP contribution in [-0.4, -0.2) is 62.9 Å². The lowest BCUT2D eigenvalue weighted by Gasteiger charge is -2.25. The van der Waals surface area contributed by atoms with E-state index in [4.69, 9.17) is 35.6 Å². The molecule has 55 heavy (non-hydrogen) atoms. The first kappa shape index (κ1) is 42.1. The first-order valence-electron chi connectivity index (χ1n) is 18.8. The predicted molar refractivity (Wildman–Crippen MR) is 222 cm³/mol. The molecule has 0 radical (unpaired) electrons. The Bertz CT molecular complexity index is 2050. The monoisotopic (exact) mass is 836 g/mol. The minimum Gasteiger partial charge on any atom is -0.494 e. The molecule has 10 nitrogen and oxygen atoms in total. The number of amides is 1. The number of halogens is 2. The van der Waals surface area contributed by atoms with Crippen molar-refractivity contribution in [1.29, 1.82) is 0 Å². The summed E-state index contributed by atoms with van der Waals surface area (Å²) in [5.74, 6) is 1.53. The van der Waals surface area contributed by atoms with E-state index >= 15 is 0 Å². The summed E-state index contributed by atoms with van der Waals surface area (Å²) >= 11 is 10.2. The van der Waals surface area contributed by atoms with Crippen molar-refractivity contribution in [2.45, 2.75) is 91.2 Å². The molecule has 12 heteroatoms. The van der Waals surface area contributed by atoms with Gasteiger partial charge < -0.3 is 33.5 Å². The van der Waals surface area contributed by atoms with Gasteiger partial charge >= 0.3 is 6.09 Å². The number of aliphatic hydroxyl groups excluding tert-OH is 1. The summed E-state index contributed by atoms with van der Waals surface area (Å²) in [7, 11) is 3.69. The number of benzene rings is 3. The molecular weight excluding hydrogens is 784 g/mol. The average molecular weight is 838 g/mol. The van der Waals surface area contributed by atoms with E-state index in [2.05, 4.69) is 38.7 Å². The number of aliphatic hydroxyl groups is 1. The van der Waals surface area contributed by atoms with Crippen LogP contribution in [0.1, 0.15) is 80.6 Å². The van der Waals surface area contributed by atoms with Crippen LogP contribution in [0.2, 0.25) is 5.02 Å². The number of carbonyl (C=O) groups excluding carboxylic acids is 1. The second-order valence-corrected chi connectivity index (χ2v) is 15.7. The molecule has 2 aromatic heterocycles. The molecule has 1 atom stereocenters. The minimum absolute atomic E-state index is 0.264. The number of para-hydroxylation sites is 2. The lowest BCUT2D eigenvalue weighted by Crippen LogP contribution is -2.35. The van der Waals surface area contributed by atoms with Crippen LogP contribution in [0.4, 0.5) is 4.79 Å². The van der Waals surface area contributed by atoms with Crippen LogP contribution in [-0.2, 0) is 41.4 Å². The second-order valence-electron chi connectivity index (χ2n) is 14.7. The van der Waals surface area contributed by atoms with Gasteiger partial charge in [-0.05, 0) is 102 Å². The predicted octanol–water partition coefficient (Wildman–Crippen LogP) is 10.1. The highest BCUT2D eigenvalue weighted by molar-refractivity contribution is 9.08. The van der Waals surface area contributed by atoms with Gasteiger partial charge in [-0.1, -0.05) is 63.9 Å². The van der Waals surface area contributed by atoms with Gasteiger partial charge in [0.25, 0.3) is 0 Å². The molecule has 296 valence electrons. The Morgan fingerprint density at radius 2 is 1.73 bits per heavy atom. The number of hydrogen-bond donors (Lipinski definition) is 1. The topological polar surface area (TPSA) is 100 Å². The molecule has 1 amide bonds. The summed E-state index contributed by atoms with van der Waals surface area (Å²) in [6, 6.07) is 19.9. The van der Waals surface area contributed by atoms with Crippen molar-refractivity contribution in [3.05, 3.63) is 99.5 Å². The summed E-state index contributed by atoms with van der Waals surface area (Å²) in [6.07, 6.45) is 0.342. The van der Waals surface area contributed by atoms with Gasteiger partial charge in [0, 0.05) is 60.7 Å². The van der Waals surface area contributed by atoms with Crippen molar-refractivity contribution in [3.63, 3.8) is 0 Å². The van der Waals surface area contributed by atoms with Gasteiger partial charge in [0.1, 0.15) is 29.4 Å². The highest BCUT2D eigenvalue weighted by Gasteiger charge is 2.28. The third-order valence-corrected chi connectivity index (χ3v) is 10.5. The molecule has 5 aromatic rings. The molecule has 0 spiro atoms. The third kappa shape index (κ3) is 10.2. The first-order valence-corrected chi connectivity index (χ1v) is 20.3. The van der Waals surface area contributed by atoms with Crippen LogP contribution >= 0.6 is 27.5 Å². The Morgan fingerprint density at radius 3 is 2.38 bits per heavy atom. The highest BCUT2D eigenvalue weighted by atomic mass is 79.9. The SMILES string of the molecule is CCOC(O)c1c(CCCOc2cc(C)c(Cl)c(C)c2)c2cccc(-c3c(COc4ccccc4)nn(C)c3CBr)c2n1CCCN(C)C(=O)OC(C)(C)C. The Kier molecular flexibility index (Phi) is 14.3. The Balaban J connectivity index is 1.59. The lowest BCUT2D eigenvalue weighted by molar-refractivity contribution is -0.103. The molecule has 0 bridgehead atoms. The molecule has 0 aliphatic carbocycles. The van der Waals surface area contributed by atoms with Gasteiger partial charge in [-0.3, -0.25) is 4.68 Å². The molecule has 0 aliphatic rings. The van der Waals surface area contributed by atoms with E-state index < -0.39 is 11.9 Å². The number of nitrogens with zero attached hydrogens (tertiary/aromatic N) is 4. The number of alkyl halides is 1. The summed E-state index contributed by atoms with van der Waals surface area (Å²) in [4.78, 5) is 14.5. The number of hydrogen-bond acceptors (Lipinski definition) is 7. The summed E-state index contributed by atoms with van der Waals surface area (Å²) < 4.78 is 28.1. The highest BCUT2D eigenvalue weighted by Crippen LogP contribution is 2.41. The fraction of sp³-hybridized carbons (Fsp3) is 0.442. The summed E-state index contributed by atoms with van der Waals surface area (Å²) in [5, 5.41) is 19.0. The summed E-state index contributed by atoms with van der Waals surface area (Å²) in [5.41, 5.74) is 7.68. The maximum atomic E-state index is 12.9. The van der Waals surface area contributed by atoms with Crippen molar-refractivity contribution >= 4 is 44.5 Å². The van der Waals surface area contributed by atoms with Gasteiger partial charge in [-0.25, -0.2) is 4.79 Å². The zero-order valence-corrected chi connectivity index (χ0v) is 35.6. The fourth-order valence-corrected chi connectivity index (χ4v) is 7.65. The zero-order valence-electron chi connectivity index (χ0n) is 33.2. The molecule has 0 saturated heterocycles. The number of aryl methyl sites for hydroxylation is 5. The summed E-state index contributed by atoms with van der Waals surface area (Å²) in [6.45, 7) is 13.4. The molecule has 2 heterocycles. The third-order valence-electron chi connectivity index (χ3n) is 9.37. The first-order chi connectivity index (χ1) is 26.2. The van der Waals surface area contributed by atoms with Crippen molar-refractivity contribution in [3.8, 4) is 22.6 Å². The van der Waals surface area contributed by atoms with Crippen LogP contribution in [0.25, 0.3) is 22.0 Å². The van der Waals surface area contributed by atoms with Gasteiger partial charge in [0.2, 0.25) is 0 Å². The van der Waals surface area contributed by atoms with Crippen molar-refractivity contribution in [2.24, 2.45) is 7.05 Å². The van der Waals surface area contributed by atoms with Crippen LogP contribution < -0.4 is 9.47 Å². The Labute approximate surface area is 338 Å². The van der Waals surface area contributed by atoms with Gasteiger partial charge in [0.05, 0.1) is 23.5 Å². The van der Waals surface area contributed by atoms with E-state index in [0.29, 0.717) is 56.6 Å². The van der Waals surface area contributed by atoms with Crippen LogP contribution in [0.5, 0.6) is 11.5 Å². The van der Waals surface area contributed by atoms with Crippen LogP contribution in [0, 0.1) is 13.8 Å². The normalized spacial score (nSPS) is 12.3. The van der Waals surface area contributed by atoms with Crippen LogP contribution in [0.15, 0.2) is 60.7 Å². The van der Waals surface area contributed by atoms with Crippen molar-refractivity contribution in [2.75, 3.05) is 26.8 Å². The van der Waals surface area contributed by atoms with Gasteiger partial charge in [-0.15, -0.1) is 0 Å². The van der Waals surface area contributed by atoms with E-state index in [1.54, 1.807) is 11.9 Å². The maximum absolute atomic E-state index is 12.9. The number of aromatic nitrogens is 3. The molecule has 3 aromatic carbocycles. The van der Waals surface area contributed by atoms with Gasteiger partial charge in [0.15, 0.2) is 6.29 Å². The second kappa shape index (κ2) is 18.7. The molecule has 0 aliphatic heterocycles. The van der Waals surface area contributed by atoms with Crippen molar-refractivity contribution in [1.82, 2.24) is 19.2 Å². The molecule has 0 saturated carbocycles. The van der Waals surface area contributed by atoms with E-state index in [9.17, 15) is 9.90 Å². The van der Waals surface area contributed by atoms with E-state index in [0.717, 1.165) is 66.6 Å². The lowest BCUT2D eigenvalue weighted by atomic mass is 9.98. The molecule has 1 unspecified atom stereocenters. The quantitative estimate of drug-likeness (QED) is 0.0566. The van der Waals surface area contributed by atoms with Crippen molar-refractivity contribution < 1.29 is 28.8 Å². The number of ether oxygens (including phenoxy) is 4. The number of fused-ring (bicyclic) bond motifs is 1. The Morgan fingerprint density at radius 1 is 1.02 bits per heavy atom. The fourth-order valence-electron chi connectivity index (χ4n) is 6.89. The minimum atomic E-state index is -1.18.